The molecule has 6 nitrogen and oxygen atoms in total. The van der Waals surface area contributed by atoms with Gasteiger partial charge in [-0.05, 0) is 36.4 Å². The highest BCUT2D eigenvalue weighted by atomic mass is 35.5. The van der Waals surface area contributed by atoms with Crippen LogP contribution in [0.5, 0.6) is 5.75 Å². The Bertz CT molecular complexity index is 875. The summed E-state index contributed by atoms with van der Waals surface area (Å²) in [5.74, 6) is 2.39. The summed E-state index contributed by atoms with van der Waals surface area (Å²) in [6.07, 6.45) is 0. The van der Waals surface area contributed by atoms with Gasteiger partial charge in [-0.25, -0.2) is 0 Å². The molecule has 7 heteroatoms. The molecule has 122 valence electrons. The number of aromatic nitrogens is 1. The van der Waals surface area contributed by atoms with Crippen molar-refractivity contribution in [3.63, 3.8) is 0 Å². The molecule has 0 aliphatic heterocycles. The minimum absolute atomic E-state index is 0.213. The van der Waals surface area contributed by atoms with E-state index in [1.165, 1.54) is 0 Å². The third kappa shape index (κ3) is 3.36. The molecule has 1 aromatic carbocycles. The number of nitrogens with zero attached hydrogens (tertiary/aromatic N) is 3. The molecule has 0 atom stereocenters. The Kier molecular flexibility index (Phi) is 4.45. The minimum atomic E-state index is 0.213. The van der Waals surface area contributed by atoms with Gasteiger partial charge in [0.2, 0.25) is 11.6 Å². The largest absolute Gasteiger partial charge is 0.486 e. The van der Waals surface area contributed by atoms with Crippen molar-refractivity contribution in [3.05, 3.63) is 52.9 Å². The molecule has 24 heavy (non-hydrogen) atoms. The van der Waals surface area contributed by atoms with E-state index in [1.807, 2.05) is 6.07 Å². The zero-order valence-electron chi connectivity index (χ0n) is 13.1. The second-order valence-corrected chi connectivity index (χ2v) is 5.62. The van der Waals surface area contributed by atoms with Crippen molar-refractivity contribution in [3.8, 4) is 23.5 Å². The molecular weight excluding hydrogens is 330 g/mol. The molecule has 0 spiro atoms. The Hall–Kier alpha value is -2.91. The normalized spacial score (nSPS) is 10.4. The lowest BCUT2D eigenvalue weighted by Crippen LogP contribution is -2.08. The van der Waals surface area contributed by atoms with Gasteiger partial charge in [0, 0.05) is 19.1 Å². The molecule has 0 aliphatic carbocycles. The molecule has 0 aliphatic rings. The van der Waals surface area contributed by atoms with Crippen molar-refractivity contribution in [1.29, 1.82) is 5.26 Å². The second kappa shape index (κ2) is 6.69. The van der Waals surface area contributed by atoms with Crippen molar-refractivity contribution < 1.29 is 13.6 Å². The summed E-state index contributed by atoms with van der Waals surface area (Å²) in [7, 11) is 3.55. The van der Waals surface area contributed by atoms with E-state index >= 15 is 0 Å². The number of nitriles is 1. The number of anilines is 1. The van der Waals surface area contributed by atoms with Gasteiger partial charge in [0.1, 0.15) is 24.2 Å². The molecular formula is C17H14ClN3O3. The molecule has 2 aromatic heterocycles. The Morgan fingerprint density at radius 3 is 2.54 bits per heavy atom. The number of hydrogen-bond acceptors (Lipinski definition) is 6. The van der Waals surface area contributed by atoms with E-state index in [2.05, 4.69) is 4.98 Å². The first-order chi connectivity index (χ1) is 11.6. The lowest BCUT2D eigenvalue weighted by atomic mass is 10.3. The van der Waals surface area contributed by atoms with E-state index in [4.69, 9.17) is 30.4 Å². The van der Waals surface area contributed by atoms with E-state index < -0.39 is 0 Å². The van der Waals surface area contributed by atoms with Gasteiger partial charge in [0.15, 0.2) is 5.76 Å². The van der Waals surface area contributed by atoms with Crippen LogP contribution in [0.4, 0.5) is 5.88 Å². The van der Waals surface area contributed by atoms with Crippen LogP contribution in [0, 0.1) is 11.3 Å². The maximum atomic E-state index is 9.10. The van der Waals surface area contributed by atoms with Crippen molar-refractivity contribution >= 4 is 17.5 Å². The fourth-order valence-electron chi connectivity index (χ4n) is 2.05. The van der Waals surface area contributed by atoms with Crippen LogP contribution in [0.1, 0.15) is 11.5 Å². The van der Waals surface area contributed by atoms with Crippen molar-refractivity contribution in [2.24, 2.45) is 0 Å². The lowest BCUT2D eigenvalue weighted by molar-refractivity contribution is 0.271. The van der Waals surface area contributed by atoms with Crippen molar-refractivity contribution in [1.82, 2.24) is 4.98 Å². The number of benzene rings is 1. The summed E-state index contributed by atoms with van der Waals surface area (Å²) in [6, 6.07) is 12.6. The Labute approximate surface area is 143 Å². The van der Waals surface area contributed by atoms with E-state index in [-0.39, 0.29) is 18.2 Å². The number of halogens is 1. The fourth-order valence-corrected chi connectivity index (χ4v) is 2.18. The Balaban J connectivity index is 1.74. The third-order valence-corrected chi connectivity index (χ3v) is 3.44. The number of ether oxygens (including phenoxy) is 1. The standard InChI is InChI=1S/C17H14ClN3O3/c1-21(2)17-14(9-19)20-16(24-17)15-8-7-13(23-15)10-22-12-5-3-11(18)4-6-12/h3-8H,10H2,1-2H3. The van der Waals surface area contributed by atoms with E-state index in [1.54, 1.807) is 55.4 Å². The molecule has 0 saturated carbocycles. The van der Waals surface area contributed by atoms with Crippen LogP contribution >= 0.6 is 11.6 Å². The first-order valence-electron chi connectivity index (χ1n) is 7.12. The van der Waals surface area contributed by atoms with Gasteiger partial charge < -0.3 is 18.5 Å². The molecule has 3 rings (SSSR count). The topological polar surface area (TPSA) is 75.4 Å². The van der Waals surface area contributed by atoms with Crippen LogP contribution in [0.15, 0.2) is 45.2 Å². The van der Waals surface area contributed by atoms with E-state index in [9.17, 15) is 0 Å². The quantitative estimate of drug-likeness (QED) is 0.694. The zero-order chi connectivity index (χ0) is 17.1. The molecule has 0 bridgehead atoms. The summed E-state index contributed by atoms with van der Waals surface area (Å²) >= 11 is 5.83. The molecule has 0 saturated heterocycles. The van der Waals surface area contributed by atoms with Gasteiger partial charge in [0.25, 0.3) is 5.89 Å². The fraction of sp³-hybridized carbons (Fsp3) is 0.176. The molecule has 0 fully saturated rings. The Morgan fingerprint density at radius 1 is 1.17 bits per heavy atom. The summed E-state index contributed by atoms with van der Waals surface area (Å²) in [5, 5.41) is 9.75. The van der Waals surface area contributed by atoms with Gasteiger partial charge in [-0.3, -0.25) is 0 Å². The SMILES string of the molecule is CN(C)c1oc(-c2ccc(COc3ccc(Cl)cc3)o2)nc1C#N. The number of hydrogen-bond donors (Lipinski definition) is 0. The van der Waals surface area contributed by atoms with Gasteiger partial charge >= 0.3 is 0 Å². The maximum absolute atomic E-state index is 9.10. The predicted molar refractivity (Wildman–Crippen MR) is 89.0 cm³/mol. The predicted octanol–water partition coefficient (Wildman–Crippen LogP) is 4.10. The second-order valence-electron chi connectivity index (χ2n) is 5.19. The lowest BCUT2D eigenvalue weighted by Gasteiger charge is -2.06. The van der Waals surface area contributed by atoms with Crippen molar-refractivity contribution in [2.45, 2.75) is 6.61 Å². The highest BCUT2D eigenvalue weighted by Crippen LogP contribution is 2.28. The number of rotatable bonds is 5. The molecule has 3 aromatic rings. The van der Waals surface area contributed by atoms with E-state index in [0.29, 0.717) is 28.2 Å². The maximum Gasteiger partial charge on any atom is 0.266 e. The molecule has 0 amide bonds. The smallest absolute Gasteiger partial charge is 0.266 e. The first kappa shape index (κ1) is 16.0. The van der Waals surface area contributed by atoms with Crippen LogP contribution in [0.2, 0.25) is 5.02 Å². The van der Waals surface area contributed by atoms with Gasteiger partial charge in [-0.2, -0.15) is 10.2 Å². The summed E-state index contributed by atoms with van der Waals surface area (Å²) < 4.78 is 16.9. The van der Waals surface area contributed by atoms with Gasteiger partial charge in [0.05, 0.1) is 0 Å². The highest BCUT2D eigenvalue weighted by molar-refractivity contribution is 6.30. The third-order valence-electron chi connectivity index (χ3n) is 3.19. The van der Waals surface area contributed by atoms with Gasteiger partial charge in [-0.15, -0.1) is 0 Å². The van der Waals surface area contributed by atoms with Crippen LogP contribution in [0.25, 0.3) is 11.7 Å². The van der Waals surface area contributed by atoms with Crippen LogP contribution in [-0.4, -0.2) is 19.1 Å². The van der Waals surface area contributed by atoms with Crippen LogP contribution in [0.3, 0.4) is 0 Å². The molecule has 0 unspecified atom stereocenters. The zero-order valence-corrected chi connectivity index (χ0v) is 13.9. The highest BCUT2D eigenvalue weighted by Gasteiger charge is 2.18. The van der Waals surface area contributed by atoms with Gasteiger partial charge in [-0.1, -0.05) is 11.6 Å². The molecule has 2 heterocycles. The van der Waals surface area contributed by atoms with Crippen molar-refractivity contribution in [2.75, 3.05) is 19.0 Å². The summed E-state index contributed by atoms with van der Waals surface area (Å²) in [4.78, 5) is 5.83. The number of oxazole rings is 1. The Morgan fingerprint density at radius 2 is 1.92 bits per heavy atom. The van der Waals surface area contributed by atoms with Crippen LogP contribution < -0.4 is 9.64 Å². The summed E-state index contributed by atoms with van der Waals surface area (Å²) in [6.45, 7) is 0.258. The average molecular weight is 344 g/mol. The van der Waals surface area contributed by atoms with Crippen LogP contribution in [-0.2, 0) is 6.61 Å². The average Bonchev–Trinajstić information content (AvgIpc) is 3.21. The summed E-state index contributed by atoms with van der Waals surface area (Å²) in [5.41, 5.74) is 0.213. The molecule has 0 radical (unpaired) electrons. The minimum Gasteiger partial charge on any atom is -0.486 e. The number of furan rings is 1. The molecule has 0 N–H and O–H groups in total. The monoisotopic (exact) mass is 343 g/mol. The first-order valence-corrected chi connectivity index (χ1v) is 7.50. The van der Waals surface area contributed by atoms with E-state index in [0.717, 1.165) is 0 Å².